The SMILES string of the molecule is C[C@@H]1CN(CC2CCN(CC(=O)Nc3cc(Cl)ccc3Cl)CC2)C[C@@H](C)O1. The van der Waals surface area contributed by atoms with Crippen molar-refractivity contribution < 1.29 is 9.53 Å². The van der Waals surface area contributed by atoms with Gasteiger partial charge in [0.1, 0.15) is 0 Å². The van der Waals surface area contributed by atoms with Crippen molar-refractivity contribution in [1.82, 2.24) is 9.80 Å². The highest BCUT2D eigenvalue weighted by atomic mass is 35.5. The van der Waals surface area contributed by atoms with Crippen molar-refractivity contribution in [2.75, 3.05) is 44.6 Å². The zero-order valence-corrected chi connectivity index (χ0v) is 17.6. The Morgan fingerprint density at radius 2 is 1.81 bits per heavy atom. The van der Waals surface area contributed by atoms with E-state index >= 15 is 0 Å². The van der Waals surface area contributed by atoms with Crippen LogP contribution < -0.4 is 5.32 Å². The van der Waals surface area contributed by atoms with E-state index in [0.29, 0.717) is 40.4 Å². The molecule has 0 aromatic heterocycles. The summed E-state index contributed by atoms with van der Waals surface area (Å²) in [4.78, 5) is 17.1. The van der Waals surface area contributed by atoms with Gasteiger partial charge in [-0.1, -0.05) is 23.2 Å². The molecule has 1 aromatic rings. The van der Waals surface area contributed by atoms with Crippen LogP contribution in [-0.2, 0) is 9.53 Å². The maximum Gasteiger partial charge on any atom is 0.238 e. The van der Waals surface area contributed by atoms with E-state index < -0.39 is 0 Å². The standard InChI is InChI=1S/C20H29Cl2N3O2/c1-14-10-25(11-15(2)27-14)12-16-5-7-24(8-6-16)13-20(26)23-19-9-17(21)3-4-18(19)22/h3-4,9,14-16H,5-8,10-13H2,1-2H3,(H,23,26)/t14-,15-/m1/s1. The maximum atomic E-state index is 12.3. The number of amides is 1. The zero-order chi connectivity index (χ0) is 19.4. The number of likely N-dealkylation sites (tertiary alicyclic amines) is 1. The quantitative estimate of drug-likeness (QED) is 0.797. The Morgan fingerprint density at radius 1 is 1.15 bits per heavy atom. The molecule has 0 aliphatic carbocycles. The number of piperidine rings is 1. The van der Waals surface area contributed by atoms with E-state index in [1.54, 1.807) is 18.2 Å². The Hall–Kier alpha value is -0.850. The minimum atomic E-state index is -0.0477. The van der Waals surface area contributed by atoms with Crippen molar-refractivity contribution >= 4 is 34.8 Å². The highest BCUT2D eigenvalue weighted by Crippen LogP contribution is 2.26. The molecule has 2 saturated heterocycles. The maximum absolute atomic E-state index is 12.3. The molecule has 0 radical (unpaired) electrons. The molecule has 1 amide bonds. The lowest BCUT2D eigenvalue weighted by molar-refractivity contribution is -0.117. The number of morpholine rings is 1. The van der Waals surface area contributed by atoms with E-state index in [1.807, 2.05) is 0 Å². The van der Waals surface area contributed by atoms with Crippen LogP contribution in [0.1, 0.15) is 26.7 Å². The summed E-state index contributed by atoms with van der Waals surface area (Å²) in [6.45, 7) is 9.78. The summed E-state index contributed by atoms with van der Waals surface area (Å²) < 4.78 is 5.82. The molecule has 7 heteroatoms. The van der Waals surface area contributed by atoms with Crippen molar-refractivity contribution in [2.24, 2.45) is 5.92 Å². The first-order chi connectivity index (χ1) is 12.9. The van der Waals surface area contributed by atoms with Crippen molar-refractivity contribution in [2.45, 2.75) is 38.9 Å². The monoisotopic (exact) mass is 413 g/mol. The fraction of sp³-hybridized carbons (Fsp3) is 0.650. The topological polar surface area (TPSA) is 44.8 Å². The van der Waals surface area contributed by atoms with Crippen LogP contribution >= 0.6 is 23.2 Å². The van der Waals surface area contributed by atoms with Gasteiger partial charge < -0.3 is 10.1 Å². The van der Waals surface area contributed by atoms with Gasteiger partial charge in [-0.15, -0.1) is 0 Å². The Balaban J connectivity index is 1.41. The summed E-state index contributed by atoms with van der Waals surface area (Å²) in [6.07, 6.45) is 2.89. The molecule has 2 atom stereocenters. The molecule has 1 N–H and O–H groups in total. The average molecular weight is 414 g/mol. The Labute approximate surface area is 171 Å². The van der Waals surface area contributed by atoms with Crippen LogP contribution in [0.25, 0.3) is 0 Å². The number of hydrogen-bond donors (Lipinski definition) is 1. The minimum absolute atomic E-state index is 0.0477. The Kier molecular flexibility index (Phi) is 7.40. The molecular weight excluding hydrogens is 385 g/mol. The van der Waals surface area contributed by atoms with Gasteiger partial charge >= 0.3 is 0 Å². The van der Waals surface area contributed by atoms with Crippen molar-refractivity contribution in [1.29, 1.82) is 0 Å². The van der Waals surface area contributed by atoms with Crippen molar-refractivity contribution in [3.63, 3.8) is 0 Å². The number of benzene rings is 1. The molecule has 3 rings (SSSR count). The average Bonchev–Trinajstić information content (AvgIpc) is 2.59. The fourth-order valence-electron chi connectivity index (χ4n) is 4.11. The summed E-state index contributed by atoms with van der Waals surface area (Å²) in [7, 11) is 0. The summed E-state index contributed by atoms with van der Waals surface area (Å²) in [5.74, 6) is 0.651. The molecule has 150 valence electrons. The largest absolute Gasteiger partial charge is 0.373 e. The number of nitrogens with zero attached hydrogens (tertiary/aromatic N) is 2. The first-order valence-electron chi connectivity index (χ1n) is 9.74. The lowest BCUT2D eigenvalue weighted by Gasteiger charge is -2.39. The predicted molar refractivity (Wildman–Crippen MR) is 111 cm³/mol. The number of hydrogen-bond acceptors (Lipinski definition) is 4. The third-order valence-electron chi connectivity index (χ3n) is 5.29. The molecule has 0 saturated carbocycles. The molecule has 2 aliphatic rings. The van der Waals surface area contributed by atoms with Crippen LogP contribution in [0, 0.1) is 5.92 Å². The van der Waals surface area contributed by atoms with Crippen LogP contribution in [0.2, 0.25) is 10.0 Å². The van der Waals surface area contributed by atoms with E-state index in [9.17, 15) is 4.79 Å². The lowest BCUT2D eigenvalue weighted by Crippen LogP contribution is -2.48. The fourth-order valence-corrected chi connectivity index (χ4v) is 4.45. The van der Waals surface area contributed by atoms with Crippen LogP contribution in [-0.4, -0.2) is 67.2 Å². The van der Waals surface area contributed by atoms with Gasteiger partial charge in [0.25, 0.3) is 0 Å². The molecule has 2 aliphatic heterocycles. The van der Waals surface area contributed by atoms with Crippen LogP contribution in [0.5, 0.6) is 0 Å². The van der Waals surface area contributed by atoms with E-state index in [0.717, 1.165) is 45.6 Å². The van der Waals surface area contributed by atoms with E-state index in [2.05, 4.69) is 29.0 Å². The Morgan fingerprint density at radius 3 is 2.48 bits per heavy atom. The number of halogens is 2. The second-order valence-corrected chi connectivity index (χ2v) is 8.71. The molecule has 27 heavy (non-hydrogen) atoms. The van der Waals surface area contributed by atoms with Gasteiger partial charge in [-0.25, -0.2) is 0 Å². The highest BCUT2D eigenvalue weighted by Gasteiger charge is 2.27. The number of rotatable bonds is 5. The highest BCUT2D eigenvalue weighted by molar-refractivity contribution is 6.35. The smallest absolute Gasteiger partial charge is 0.238 e. The molecule has 0 unspecified atom stereocenters. The van der Waals surface area contributed by atoms with Crippen LogP contribution in [0.3, 0.4) is 0 Å². The third-order valence-corrected chi connectivity index (χ3v) is 5.85. The number of ether oxygens (including phenoxy) is 1. The number of nitrogens with one attached hydrogen (secondary N) is 1. The second-order valence-electron chi connectivity index (χ2n) is 7.87. The molecule has 0 spiro atoms. The summed E-state index contributed by atoms with van der Waals surface area (Å²) in [5.41, 5.74) is 0.569. The van der Waals surface area contributed by atoms with E-state index in [-0.39, 0.29) is 5.91 Å². The molecule has 5 nitrogen and oxygen atoms in total. The molecule has 2 fully saturated rings. The minimum Gasteiger partial charge on any atom is -0.373 e. The zero-order valence-electron chi connectivity index (χ0n) is 16.1. The number of anilines is 1. The molecule has 2 heterocycles. The lowest BCUT2D eigenvalue weighted by atomic mass is 9.95. The first-order valence-corrected chi connectivity index (χ1v) is 10.5. The first kappa shape index (κ1) is 20.9. The predicted octanol–water partition coefficient (Wildman–Crippen LogP) is 3.75. The van der Waals surface area contributed by atoms with Crippen molar-refractivity contribution in [3.05, 3.63) is 28.2 Å². The van der Waals surface area contributed by atoms with Gasteiger partial charge in [-0.05, 0) is 63.9 Å². The molecular formula is C20H29Cl2N3O2. The van der Waals surface area contributed by atoms with E-state index in [1.165, 1.54) is 0 Å². The van der Waals surface area contributed by atoms with Crippen LogP contribution in [0.15, 0.2) is 18.2 Å². The van der Waals surface area contributed by atoms with Gasteiger partial charge in [0, 0.05) is 24.7 Å². The number of carbonyl (C=O) groups is 1. The Bertz CT molecular complexity index is 640. The third kappa shape index (κ3) is 6.33. The van der Waals surface area contributed by atoms with Gasteiger partial charge in [-0.3, -0.25) is 14.6 Å². The van der Waals surface area contributed by atoms with Gasteiger partial charge in [0.15, 0.2) is 0 Å². The second kappa shape index (κ2) is 9.57. The number of carbonyl (C=O) groups excluding carboxylic acids is 1. The van der Waals surface area contributed by atoms with Gasteiger partial charge in [-0.2, -0.15) is 0 Å². The summed E-state index contributed by atoms with van der Waals surface area (Å²) in [5, 5.41) is 3.92. The van der Waals surface area contributed by atoms with E-state index in [4.69, 9.17) is 27.9 Å². The summed E-state index contributed by atoms with van der Waals surface area (Å²) in [6, 6.07) is 5.08. The van der Waals surface area contributed by atoms with Crippen LogP contribution in [0.4, 0.5) is 5.69 Å². The molecule has 1 aromatic carbocycles. The van der Waals surface area contributed by atoms with Gasteiger partial charge in [0.2, 0.25) is 5.91 Å². The van der Waals surface area contributed by atoms with Gasteiger partial charge in [0.05, 0.1) is 29.5 Å². The van der Waals surface area contributed by atoms with Crippen molar-refractivity contribution in [3.8, 4) is 0 Å². The molecule has 0 bridgehead atoms. The summed E-state index contributed by atoms with van der Waals surface area (Å²) >= 11 is 12.1. The normalized spacial score (nSPS) is 25.5.